The second-order valence-corrected chi connectivity index (χ2v) is 5.89. The first kappa shape index (κ1) is 19.3. The van der Waals surface area contributed by atoms with Crippen LogP contribution in [-0.2, 0) is 6.61 Å². The summed E-state index contributed by atoms with van der Waals surface area (Å²) in [4.78, 5) is 14.4. The van der Waals surface area contributed by atoms with Crippen LogP contribution in [0.5, 0.6) is 5.75 Å². The van der Waals surface area contributed by atoms with Crippen LogP contribution in [0, 0.1) is 5.82 Å². The molecule has 136 valence electrons. The van der Waals surface area contributed by atoms with Crippen molar-refractivity contribution < 1.29 is 18.3 Å². The van der Waals surface area contributed by atoms with E-state index in [4.69, 9.17) is 14.9 Å². The maximum Gasteiger partial charge on any atom is 0.289 e. The summed E-state index contributed by atoms with van der Waals surface area (Å²) in [6, 6.07) is 9.21. The minimum absolute atomic E-state index is 0. The molecule has 0 saturated carbocycles. The number of hydrogen-bond donors (Lipinski definition) is 1. The van der Waals surface area contributed by atoms with Gasteiger partial charge in [-0.05, 0) is 55.7 Å². The summed E-state index contributed by atoms with van der Waals surface area (Å²) in [6.07, 6.45) is 3.02. The third-order valence-corrected chi connectivity index (χ3v) is 4.23. The standard InChI is InChI=1S/C18H21FN2O3.ClH/c19-13-4-6-15(7-5-13)23-12-16-8-9-17(24-16)18(22)21-10-2-1-3-14(21)11-20;/h4-9,14H,1-3,10-12,20H2;1H. The van der Waals surface area contributed by atoms with Crippen LogP contribution in [-0.4, -0.2) is 29.9 Å². The highest BCUT2D eigenvalue weighted by Gasteiger charge is 2.28. The fourth-order valence-electron chi connectivity index (χ4n) is 2.91. The minimum atomic E-state index is -0.316. The summed E-state index contributed by atoms with van der Waals surface area (Å²) >= 11 is 0. The van der Waals surface area contributed by atoms with E-state index in [9.17, 15) is 9.18 Å². The van der Waals surface area contributed by atoms with Crippen LogP contribution in [0.1, 0.15) is 35.6 Å². The molecule has 2 aromatic rings. The maximum atomic E-state index is 12.9. The monoisotopic (exact) mass is 368 g/mol. The van der Waals surface area contributed by atoms with Crippen molar-refractivity contribution in [1.29, 1.82) is 0 Å². The van der Waals surface area contributed by atoms with Crippen LogP contribution in [0.2, 0.25) is 0 Å². The normalized spacial score (nSPS) is 17.0. The Bertz CT molecular complexity index is 690. The summed E-state index contributed by atoms with van der Waals surface area (Å²) in [6.45, 7) is 1.36. The van der Waals surface area contributed by atoms with Gasteiger partial charge in [0.25, 0.3) is 5.91 Å². The van der Waals surface area contributed by atoms with E-state index in [2.05, 4.69) is 0 Å². The Hall–Kier alpha value is -2.05. The number of rotatable bonds is 5. The molecule has 5 nitrogen and oxygen atoms in total. The number of carbonyl (C=O) groups is 1. The van der Waals surface area contributed by atoms with Crippen molar-refractivity contribution >= 4 is 18.3 Å². The molecule has 1 saturated heterocycles. The molecule has 25 heavy (non-hydrogen) atoms. The van der Waals surface area contributed by atoms with Crippen molar-refractivity contribution in [3.63, 3.8) is 0 Å². The lowest BCUT2D eigenvalue weighted by Crippen LogP contribution is -2.47. The molecule has 7 heteroatoms. The molecule has 1 unspecified atom stereocenters. The molecular weight excluding hydrogens is 347 g/mol. The van der Waals surface area contributed by atoms with Gasteiger partial charge in [0.2, 0.25) is 0 Å². The van der Waals surface area contributed by atoms with Crippen molar-refractivity contribution in [2.45, 2.75) is 31.9 Å². The third kappa shape index (κ3) is 4.74. The number of furan rings is 1. The van der Waals surface area contributed by atoms with Crippen molar-refractivity contribution in [1.82, 2.24) is 4.90 Å². The number of ether oxygens (including phenoxy) is 1. The number of hydrogen-bond acceptors (Lipinski definition) is 4. The Balaban J connectivity index is 0.00000225. The quantitative estimate of drug-likeness (QED) is 0.878. The van der Waals surface area contributed by atoms with Crippen molar-refractivity contribution in [2.24, 2.45) is 5.73 Å². The molecule has 0 aliphatic carbocycles. The molecule has 1 aliphatic heterocycles. The molecule has 2 N–H and O–H groups in total. The highest BCUT2D eigenvalue weighted by atomic mass is 35.5. The van der Waals surface area contributed by atoms with Crippen LogP contribution in [0.4, 0.5) is 4.39 Å². The lowest BCUT2D eigenvalue weighted by molar-refractivity contribution is 0.0587. The average molecular weight is 369 g/mol. The number of carbonyl (C=O) groups excluding carboxylic acids is 1. The number of likely N-dealkylation sites (tertiary alicyclic amines) is 1. The molecule has 3 rings (SSSR count). The second-order valence-electron chi connectivity index (χ2n) is 5.89. The molecule has 1 aliphatic rings. The van der Waals surface area contributed by atoms with Crippen LogP contribution in [0.15, 0.2) is 40.8 Å². The molecule has 1 aromatic carbocycles. The molecule has 1 fully saturated rings. The van der Waals surface area contributed by atoms with Gasteiger partial charge in [-0.1, -0.05) is 0 Å². The Morgan fingerprint density at radius 3 is 2.72 bits per heavy atom. The van der Waals surface area contributed by atoms with E-state index >= 15 is 0 Å². The molecule has 0 radical (unpaired) electrons. The summed E-state index contributed by atoms with van der Waals surface area (Å²) < 4.78 is 24.0. The van der Waals surface area contributed by atoms with E-state index in [0.717, 1.165) is 19.3 Å². The van der Waals surface area contributed by atoms with Gasteiger partial charge in [0.1, 0.15) is 23.9 Å². The third-order valence-electron chi connectivity index (χ3n) is 4.23. The Kier molecular flexibility index (Phi) is 6.84. The molecule has 1 amide bonds. The first-order valence-corrected chi connectivity index (χ1v) is 8.15. The van der Waals surface area contributed by atoms with Crippen LogP contribution in [0.3, 0.4) is 0 Å². The number of nitrogens with two attached hydrogens (primary N) is 1. The predicted molar refractivity (Wildman–Crippen MR) is 94.4 cm³/mol. The van der Waals surface area contributed by atoms with Gasteiger partial charge in [-0.15, -0.1) is 12.4 Å². The number of nitrogens with zero attached hydrogens (tertiary/aromatic N) is 1. The lowest BCUT2D eigenvalue weighted by Gasteiger charge is -2.34. The molecule has 1 aromatic heterocycles. The second kappa shape index (κ2) is 8.87. The lowest BCUT2D eigenvalue weighted by atomic mass is 10.0. The highest BCUT2D eigenvalue weighted by Crippen LogP contribution is 2.21. The number of halogens is 2. The Labute approximate surface area is 152 Å². The molecule has 0 spiro atoms. The van der Waals surface area contributed by atoms with E-state index in [1.54, 1.807) is 29.2 Å². The SMILES string of the molecule is Cl.NCC1CCCCN1C(=O)c1ccc(COc2ccc(F)cc2)o1. The zero-order valence-corrected chi connectivity index (χ0v) is 14.6. The molecule has 2 heterocycles. The summed E-state index contributed by atoms with van der Waals surface area (Å²) in [7, 11) is 0. The summed E-state index contributed by atoms with van der Waals surface area (Å²) in [5.41, 5.74) is 5.77. The van der Waals surface area contributed by atoms with Crippen molar-refractivity contribution in [2.75, 3.05) is 13.1 Å². The van der Waals surface area contributed by atoms with Gasteiger partial charge >= 0.3 is 0 Å². The smallest absolute Gasteiger partial charge is 0.289 e. The summed E-state index contributed by atoms with van der Waals surface area (Å²) in [5, 5.41) is 0. The molecular formula is C18H22ClFN2O3. The first-order chi connectivity index (χ1) is 11.7. The summed E-state index contributed by atoms with van der Waals surface area (Å²) in [5.74, 6) is 0.944. The fraction of sp³-hybridized carbons (Fsp3) is 0.389. The van der Waals surface area contributed by atoms with Gasteiger partial charge in [-0.3, -0.25) is 4.79 Å². The van der Waals surface area contributed by atoms with Gasteiger partial charge in [0, 0.05) is 19.1 Å². The zero-order valence-electron chi connectivity index (χ0n) is 13.8. The predicted octanol–water partition coefficient (Wildman–Crippen LogP) is 3.37. The first-order valence-electron chi connectivity index (χ1n) is 8.15. The van der Waals surface area contributed by atoms with E-state index in [0.29, 0.717) is 30.4 Å². The average Bonchev–Trinajstić information content (AvgIpc) is 3.09. The topological polar surface area (TPSA) is 68.7 Å². The van der Waals surface area contributed by atoms with Crippen LogP contribution in [0.25, 0.3) is 0 Å². The fourth-order valence-corrected chi connectivity index (χ4v) is 2.91. The number of amides is 1. The largest absolute Gasteiger partial charge is 0.486 e. The zero-order chi connectivity index (χ0) is 16.9. The van der Waals surface area contributed by atoms with Gasteiger partial charge in [0.05, 0.1) is 0 Å². The van der Waals surface area contributed by atoms with E-state index in [-0.39, 0.29) is 36.8 Å². The van der Waals surface area contributed by atoms with Gasteiger partial charge in [-0.2, -0.15) is 0 Å². The van der Waals surface area contributed by atoms with E-state index in [1.807, 2.05) is 0 Å². The number of benzene rings is 1. The minimum Gasteiger partial charge on any atom is -0.486 e. The van der Waals surface area contributed by atoms with Gasteiger partial charge in [-0.25, -0.2) is 4.39 Å². The van der Waals surface area contributed by atoms with E-state index in [1.165, 1.54) is 12.1 Å². The maximum absolute atomic E-state index is 12.9. The van der Waals surface area contributed by atoms with Gasteiger partial charge in [0.15, 0.2) is 5.76 Å². The highest BCUT2D eigenvalue weighted by molar-refractivity contribution is 5.91. The van der Waals surface area contributed by atoms with Crippen LogP contribution >= 0.6 is 12.4 Å². The van der Waals surface area contributed by atoms with E-state index < -0.39 is 0 Å². The van der Waals surface area contributed by atoms with Crippen molar-refractivity contribution in [3.05, 3.63) is 53.7 Å². The van der Waals surface area contributed by atoms with Gasteiger partial charge < -0.3 is 19.8 Å². The number of piperidine rings is 1. The molecule has 1 atom stereocenters. The van der Waals surface area contributed by atoms with Crippen LogP contribution < -0.4 is 10.5 Å². The van der Waals surface area contributed by atoms with Crippen molar-refractivity contribution in [3.8, 4) is 5.75 Å². The Morgan fingerprint density at radius 1 is 1.24 bits per heavy atom. The Morgan fingerprint density at radius 2 is 2.00 bits per heavy atom. The molecule has 0 bridgehead atoms.